The fourth-order valence-electron chi connectivity index (χ4n) is 5.37. The van der Waals surface area contributed by atoms with E-state index in [1.165, 1.54) is 18.3 Å². The van der Waals surface area contributed by atoms with Gasteiger partial charge in [0, 0.05) is 85.8 Å². The lowest BCUT2D eigenvalue weighted by Crippen LogP contribution is -2.44. The van der Waals surface area contributed by atoms with Crippen molar-refractivity contribution in [3.05, 3.63) is 54.0 Å². The molecule has 2 aromatic carbocycles. The van der Waals surface area contributed by atoms with Crippen LogP contribution in [-0.2, 0) is 17.1 Å². The predicted molar refractivity (Wildman–Crippen MR) is 154 cm³/mol. The van der Waals surface area contributed by atoms with Crippen LogP contribution in [-0.4, -0.2) is 72.3 Å². The van der Waals surface area contributed by atoms with E-state index in [9.17, 15) is 31.1 Å². The van der Waals surface area contributed by atoms with Crippen LogP contribution in [0.4, 0.5) is 37.7 Å². The molecule has 7 nitrogen and oxygen atoms in total. The monoisotopic (exact) mass is 626 g/mol. The van der Waals surface area contributed by atoms with Crippen molar-refractivity contribution < 1.29 is 31.1 Å². The number of rotatable bonds is 8. The Morgan fingerprint density at radius 2 is 1.74 bits per heavy atom. The maximum Gasteiger partial charge on any atom is 0.451 e. The summed E-state index contributed by atoms with van der Waals surface area (Å²) in [4.78, 5) is 24.3. The standard InChI is InChI=1S/C29H32F6N6OS/c30-28(31,32)22-16-20(4-5-24(22)40-14-10-36-11-15-40)37-9-6-26(42)41-12-7-19(8-13-41)18-43-25-3-1-2-23-21(25)17-38-27(39-23)29(33,34)35/h1-5,16-17,19,36-37H,6-15,18H2. The van der Waals surface area contributed by atoms with Crippen molar-refractivity contribution in [2.24, 2.45) is 5.92 Å². The largest absolute Gasteiger partial charge is 0.451 e. The summed E-state index contributed by atoms with van der Waals surface area (Å²) < 4.78 is 80.3. The van der Waals surface area contributed by atoms with Gasteiger partial charge in [-0.15, -0.1) is 11.8 Å². The van der Waals surface area contributed by atoms with Crippen LogP contribution in [0.1, 0.15) is 30.7 Å². The Bertz CT molecular complexity index is 1420. The topological polar surface area (TPSA) is 73.4 Å². The Balaban J connectivity index is 1.09. The molecule has 2 aliphatic heterocycles. The summed E-state index contributed by atoms with van der Waals surface area (Å²) in [6.07, 6.45) is -6.15. The molecule has 2 fully saturated rings. The third kappa shape index (κ3) is 7.83. The molecule has 1 aromatic heterocycles. The highest BCUT2D eigenvalue weighted by atomic mass is 32.2. The number of piperidine rings is 1. The van der Waals surface area contributed by atoms with Gasteiger partial charge in [-0.2, -0.15) is 26.3 Å². The number of fused-ring (bicyclic) bond motifs is 1. The molecule has 2 saturated heterocycles. The second kappa shape index (κ2) is 13.2. The van der Waals surface area contributed by atoms with Gasteiger partial charge in [0.2, 0.25) is 11.7 Å². The van der Waals surface area contributed by atoms with Crippen LogP contribution in [0.3, 0.4) is 0 Å². The van der Waals surface area contributed by atoms with E-state index in [1.54, 1.807) is 33.7 Å². The first-order valence-electron chi connectivity index (χ1n) is 14.1. The zero-order valence-corrected chi connectivity index (χ0v) is 24.1. The lowest BCUT2D eigenvalue weighted by Gasteiger charge is -2.32. The lowest BCUT2D eigenvalue weighted by molar-refractivity contribution is -0.144. The number of alkyl halides is 6. The number of hydrogen-bond donors (Lipinski definition) is 2. The Hall–Kier alpha value is -3.26. The number of aromatic nitrogens is 2. The van der Waals surface area contributed by atoms with Crippen LogP contribution in [0, 0.1) is 5.92 Å². The molecule has 232 valence electrons. The van der Waals surface area contributed by atoms with Gasteiger partial charge in [0.25, 0.3) is 0 Å². The first-order chi connectivity index (χ1) is 20.5. The fraction of sp³-hybridized carbons (Fsp3) is 0.483. The van der Waals surface area contributed by atoms with E-state index in [1.807, 2.05) is 6.07 Å². The number of piperazine rings is 1. The summed E-state index contributed by atoms with van der Waals surface area (Å²) in [7, 11) is 0. The van der Waals surface area contributed by atoms with Gasteiger partial charge in [-0.25, -0.2) is 9.97 Å². The Labute approximate surface area is 249 Å². The predicted octanol–water partition coefficient (Wildman–Crippen LogP) is 5.91. The molecule has 0 atom stereocenters. The second-order valence-corrected chi connectivity index (χ2v) is 11.7. The van der Waals surface area contributed by atoms with Crippen molar-refractivity contribution in [1.82, 2.24) is 20.2 Å². The molecule has 3 heterocycles. The maximum atomic E-state index is 13.8. The van der Waals surface area contributed by atoms with Crippen LogP contribution >= 0.6 is 11.8 Å². The summed E-state index contributed by atoms with van der Waals surface area (Å²) in [5.74, 6) is -0.148. The van der Waals surface area contributed by atoms with Crippen molar-refractivity contribution in [3.8, 4) is 0 Å². The summed E-state index contributed by atoms with van der Waals surface area (Å²) in [6.45, 7) is 3.64. The minimum Gasteiger partial charge on any atom is -0.385 e. The van der Waals surface area contributed by atoms with E-state index in [0.717, 1.165) is 29.6 Å². The minimum absolute atomic E-state index is 0.0567. The molecular weight excluding hydrogens is 594 g/mol. The number of carbonyl (C=O) groups excluding carboxylic acids is 1. The van der Waals surface area contributed by atoms with Gasteiger partial charge in [0.15, 0.2) is 0 Å². The van der Waals surface area contributed by atoms with Crippen molar-refractivity contribution in [1.29, 1.82) is 0 Å². The first kappa shape index (κ1) is 31.2. The van der Waals surface area contributed by atoms with Crippen molar-refractivity contribution in [3.63, 3.8) is 0 Å². The maximum absolute atomic E-state index is 13.8. The van der Waals surface area contributed by atoms with E-state index in [0.29, 0.717) is 56.3 Å². The number of hydrogen-bond acceptors (Lipinski definition) is 7. The normalized spacial score (nSPS) is 17.0. The molecule has 1 amide bonds. The fourth-order valence-corrected chi connectivity index (χ4v) is 6.61. The Morgan fingerprint density at radius 1 is 1.00 bits per heavy atom. The zero-order valence-electron chi connectivity index (χ0n) is 23.3. The number of benzene rings is 2. The summed E-state index contributed by atoms with van der Waals surface area (Å²) in [5, 5.41) is 6.69. The second-order valence-electron chi connectivity index (χ2n) is 10.7. The van der Waals surface area contributed by atoms with Gasteiger partial charge in [0.05, 0.1) is 11.1 Å². The van der Waals surface area contributed by atoms with Crippen molar-refractivity contribution in [2.75, 3.05) is 61.8 Å². The molecular formula is C29H32F6N6OS. The first-order valence-corrected chi connectivity index (χ1v) is 15.1. The van der Waals surface area contributed by atoms with Gasteiger partial charge >= 0.3 is 12.4 Å². The minimum atomic E-state index is -4.61. The number of likely N-dealkylation sites (tertiary alicyclic amines) is 1. The molecule has 0 radical (unpaired) electrons. The molecule has 0 saturated carbocycles. The number of amides is 1. The van der Waals surface area contributed by atoms with Crippen LogP contribution in [0.5, 0.6) is 0 Å². The number of nitrogens with zero attached hydrogens (tertiary/aromatic N) is 4. The molecule has 2 aliphatic rings. The third-order valence-electron chi connectivity index (χ3n) is 7.71. The summed E-state index contributed by atoms with van der Waals surface area (Å²) >= 11 is 1.54. The summed E-state index contributed by atoms with van der Waals surface area (Å²) in [5.41, 5.74) is 0.0449. The van der Waals surface area contributed by atoms with E-state index >= 15 is 0 Å². The SMILES string of the molecule is O=C(CCNc1ccc(N2CCNCC2)c(C(F)(F)F)c1)N1CCC(CSc2cccc3nc(C(F)(F)F)ncc23)CC1. The number of halogens is 6. The number of carbonyl (C=O) groups is 1. The van der Waals surface area contributed by atoms with Crippen LogP contribution in [0.2, 0.25) is 0 Å². The summed E-state index contributed by atoms with van der Waals surface area (Å²) in [6, 6.07) is 9.28. The average Bonchev–Trinajstić information content (AvgIpc) is 2.99. The number of thioether (sulfide) groups is 1. The van der Waals surface area contributed by atoms with Crippen LogP contribution < -0.4 is 15.5 Å². The smallest absolute Gasteiger partial charge is 0.385 e. The zero-order chi connectivity index (χ0) is 30.6. The van der Waals surface area contributed by atoms with Gasteiger partial charge < -0.3 is 20.4 Å². The molecule has 3 aromatic rings. The highest BCUT2D eigenvalue weighted by Gasteiger charge is 2.36. The van der Waals surface area contributed by atoms with E-state index in [2.05, 4.69) is 20.6 Å². The van der Waals surface area contributed by atoms with Crippen LogP contribution in [0.25, 0.3) is 10.9 Å². The molecule has 0 unspecified atom stereocenters. The quantitative estimate of drug-likeness (QED) is 0.238. The van der Waals surface area contributed by atoms with E-state index in [-0.39, 0.29) is 30.1 Å². The Kier molecular flexibility index (Phi) is 9.54. The molecule has 43 heavy (non-hydrogen) atoms. The number of anilines is 2. The molecule has 2 N–H and O–H groups in total. The van der Waals surface area contributed by atoms with E-state index < -0.39 is 23.7 Å². The average molecular weight is 627 g/mol. The van der Waals surface area contributed by atoms with Crippen molar-refractivity contribution >= 4 is 39.9 Å². The van der Waals surface area contributed by atoms with Gasteiger partial charge in [-0.3, -0.25) is 4.79 Å². The Morgan fingerprint density at radius 3 is 2.44 bits per heavy atom. The van der Waals surface area contributed by atoms with E-state index in [4.69, 9.17) is 0 Å². The van der Waals surface area contributed by atoms with Crippen molar-refractivity contribution in [2.45, 2.75) is 36.5 Å². The molecule has 0 bridgehead atoms. The number of nitrogens with one attached hydrogen (secondary N) is 2. The van der Waals surface area contributed by atoms with Gasteiger partial charge in [-0.1, -0.05) is 6.07 Å². The molecule has 0 spiro atoms. The van der Waals surface area contributed by atoms with Gasteiger partial charge in [0.1, 0.15) is 0 Å². The van der Waals surface area contributed by atoms with Gasteiger partial charge in [-0.05, 0) is 49.1 Å². The highest BCUT2D eigenvalue weighted by molar-refractivity contribution is 7.99. The lowest BCUT2D eigenvalue weighted by atomic mass is 9.99. The molecule has 14 heteroatoms. The molecule has 0 aliphatic carbocycles. The van der Waals surface area contributed by atoms with Crippen LogP contribution in [0.15, 0.2) is 47.5 Å². The molecule has 5 rings (SSSR count). The third-order valence-corrected chi connectivity index (χ3v) is 9.01. The highest BCUT2D eigenvalue weighted by Crippen LogP contribution is 2.38.